The fourth-order valence-electron chi connectivity index (χ4n) is 1.61. The Hall–Kier alpha value is -1.96. The highest BCUT2D eigenvalue weighted by Crippen LogP contribution is 2.19. The SMILES string of the molecule is CC(C)(C)C(O)CNC(=O)NCc1ccc(OCC(F)(F)F)cc1. The van der Waals surface area contributed by atoms with Gasteiger partial charge in [0.2, 0.25) is 0 Å². The van der Waals surface area contributed by atoms with Crippen LogP contribution in [-0.2, 0) is 6.54 Å². The molecule has 3 N–H and O–H groups in total. The van der Waals surface area contributed by atoms with Crippen molar-refractivity contribution in [2.45, 2.75) is 39.6 Å². The van der Waals surface area contributed by atoms with E-state index >= 15 is 0 Å². The van der Waals surface area contributed by atoms with Gasteiger partial charge in [0.05, 0.1) is 6.10 Å². The predicted octanol–water partition coefficient (Wildman–Crippen LogP) is 2.83. The van der Waals surface area contributed by atoms with Crippen LogP contribution in [0.15, 0.2) is 24.3 Å². The van der Waals surface area contributed by atoms with Crippen molar-refractivity contribution < 1.29 is 27.8 Å². The van der Waals surface area contributed by atoms with E-state index in [2.05, 4.69) is 15.4 Å². The number of hydrogen-bond donors (Lipinski definition) is 3. The first-order valence-electron chi connectivity index (χ1n) is 7.45. The maximum Gasteiger partial charge on any atom is 0.422 e. The monoisotopic (exact) mass is 348 g/mol. The average Bonchev–Trinajstić information content (AvgIpc) is 2.47. The Balaban J connectivity index is 2.36. The van der Waals surface area contributed by atoms with Crippen LogP contribution < -0.4 is 15.4 Å². The largest absolute Gasteiger partial charge is 0.484 e. The summed E-state index contributed by atoms with van der Waals surface area (Å²) in [6, 6.07) is 5.51. The minimum Gasteiger partial charge on any atom is -0.484 e. The number of nitrogens with one attached hydrogen (secondary N) is 2. The second-order valence-corrected chi connectivity index (χ2v) is 6.49. The van der Waals surface area contributed by atoms with E-state index in [9.17, 15) is 23.1 Å². The number of carbonyl (C=O) groups excluding carboxylic acids is 1. The first kappa shape index (κ1) is 20.1. The second kappa shape index (κ2) is 8.23. The number of amides is 2. The zero-order valence-electron chi connectivity index (χ0n) is 13.9. The Morgan fingerprint density at radius 1 is 1.17 bits per heavy atom. The lowest BCUT2D eigenvalue weighted by atomic mass is 9.89. The Kier molecular flexibility index (Phi) is 6.89. The second-order valence-electron chi connectivity index (χ2n) is 6.49. The molecule has 5 nitrogen and oxygen atoms in total. The summed E-state index contributed by atoms with van der Waals surface area (Å²) >= 11 is 0. The van der Waals surface area contributed by atoms with Crippen LogP contribution in [0.3, 0.4) is 0 Å². The molecule has 0 aliphatic heterocycles. The maximum atomic E-state index is 12.0. The van der Waals surface area contributed by atoms with Crippen LogP contribution >= 0.6 is 0 Å². The van der Waals surface area contributed by atoms with Gasteiger partial charge < -0.3 is 20.5 Å². The third-order valence-corrected chi connectivity index (χ3v) is 3.23. The molecule has 0 aromatic heterocycles. The summed E-state index contributed by atoms with van der Waals surface area (Å²) in [5.74, 6) is 0.105. The Morgan fingerprint density at radius 3 is 2.25 bits per heavy atom. The molecule has 0 spiro atoms. The van der Waals surface area contributed by atoms with Gasteiger partial charge in [-0.1, -0.05) is 32.9 Å². The van der Waals surface area contributed by atoms with E-state index in [1.54, 1.807) is 12.1 Å². The molecule has 0 aliphatic carbocycles. The summed E-state index contributed by atoms with van der Waals surface area (Å²) < 4.78 is 40.7. The Labute approximate surface area is 139 Å². The number of rotatable bonds is 6. The van der Waals surface area contributed by atoms with Gasteiger partial charge in [0.15, 0.2) is 6.61 Å². The topological polar surface area (TPSA) is 70.6 Å². The summed E-state index contributed by atoms with van der Waals surface area (Å²) in [4.78, 5) is 11.6. The van der Waals surface area contributed by atoms with Crippen molar-refractivity contribution in [1.29, 1.82) is 0 Å². The quantitative estimate of drug-likeness (QED) is 0.740. The van der Waals surface area contributed by atoms with Crippen LogP contribution in [0.4, 0.5) is 18.0 Å². The predicted molar refractivity (Wildman–Crippen MR) is 83.7 cm³/mol. The third kappa shape index (κ3) is 8.05. The van der Waals surface area contributed by atoms with Crippen LogP contribution in [0.2, 0.25) is 0 Å². The lowest BCUT2D eigenvalue weighted by Gasteiger charge is -2.25. The molecule has 1 unspecified atom stereocenters. The number of aliphatic hydroxyl groups excluding tert-OH is 1. The Bertz CT molecular complexity index is 525. The number of carbonyl (C=O) groups is 1. The van der Waals surface area contributed by atoms with Gasteiger partial charge in [-0.25, -0.2) is 4.79 Å². The molecule has 0 saturated heterocycles. The van der Waals surface area contributed by atoms with E-state index in [4.69, 9.17) is 0 Å². The first-order valence-corrected chi connectivity index (χ1v) is 7.45. The van der Waals surface area contributed by atoms with Gasteiger partial charge in [0, 0.05) is 13.1 Å². The maximum absolute atomic E-state index is 12.0. The third-order valence-electron chi connectivity index (χ3n) is 3.23. The molecule has 136 valence electrons. The number of alkyl halides is 3. The molecule has 1 aromatic rings. The molecule has 0 saturated carbocycles. The molecule has 24 heavy (non-hydrogen) atoms. The summed E-state index contributed by atoms with van der Waals surface area (Å²) in [7, 11) is 0. The van der Waals surface area contributed by atoms with Crippen LogP contribution in [0.1, 0.15) is 26.3 Å². The van der Waals surface area contributed by atoms with Crippen molar-refractivity contribution in [1.82, 2.24) is 10.6 Å². The summed E-state index contributed by atoms with van der Waals surface area (Å²) in [6.07, 6.45) is -5.05. The zero-order valence-corrected chi connectivity index (χ0v) is 13.9. The van der Waals surface area contributed by atoms with Gasteiger partial charge in [0.1, 0.15) is 5.75 Å². The highest BCUT2D eigenvalue weighted by molar-refractivity contribution is 5.73. The van der Waals surface area contributed by atoms with Crippen molar-refractivity contribution in [2.24, 2.45) is 5.41 Å². The molecule has 0 bridgehead atoms. The summed E-state index contributed by atoms with van der Waals surface area (Å²) in [5, 5.41) is 15.0. The molecule has 0 fully saturated rings. The van der Waals surface area contributed by atoms with Gasteiger partial charge >= 0.3 is 12.2 Å². The number of hydrogen-bond acceptors (Lipinski definition) is 3. The minimum absolute atomic E-state index is 0.105. The number of benzene rings is 1. The van der Waals surface area contributed by atoms with Crippen molar-refractivity contribution in [3.05, 3.63) is 29.8 Å². The molecular weight excluding hydrogens is 325 g/mol. The van der Waals surface area contributed by atoms with E-state index in [1.165, 1.54) is 12.1 Å². The van der Waals surface area contributed by atoms with E-state index in [-0.39, 0.29) is 24.3 Å². The summed E-state index contributed by atoms with van der Waals surface area (Å²) in [5.41, 5.74) is 0.375. The normalized spacial score (nSPS) is 13.3. The smallest absolute Gasteiger partial charge is 0.422 e. The van der Waals surface area contributed by atoms with E-state index < -0.39 is 24.9 Å². The van der Waals surface area contributed by atoms with Crippen LogP contribution in [0, 0.1) is 5.41 Å². The average molecular weight is 348 g/mol. The molecule has 1 atom stereocenters. The molecule has 8 heteroatoms. The van der Waals surface area contributed by atoms with Crippen LogP contribution in [0.5, 0.6) is 5.75 Å². The van der Waals surface area contributed by atoms with Crippen molar-refractivity contribution in [3.8, 4) is 5.75 Å². The first-order chi connectivity index (χ1) is 11.0. The molecule has 0 aliphatic rings. The minimum atomic E-state index is -4.38. The molecular formula is C16H23F3N2O3. The summed E-state index contributed by atoms with van der Waals surface area (Å²) in [6.45, 7) is 4.57. The molecule has 0 heterocycles. The number of ether oxygens (including phenoxy) is 1. The van der Waals surface area contributed by atoms with Gasteiger partial charge in [-0.15, -0.1) is 0 Å². The van der Waals surface area contributed by atoms with Gasteiger partial charge in [-0.2, -0.15) is 13.2 Å². The molecule has 0 radical (unpaired) electrons. The number of halogens is 3. The molecule has 2 amide bonds. The molecule has 1 aromatic carbocycles. The van der Waals surface area contributed by atoms with Crippen molar-refractivity contribution in [3.63, 3.8) is 0 Å². The van der Waals surface area contributed by atoms with Gasteiger partial charge in [0.25, 0.3) is 0 Å². The lowest BCUT2D eigenvalue weighted by molar-refractivity contribution is -0.153. The fourth-order valence-corrected chi connectivity index (χ4v) is 1.61. The Morgan fingerprint density at radius 2 is 1.75 bits per heavy atom. The van der Waals surface area contributed by atoms with E-state index in [1.807, 2.05) is 20.8 Å². The standard InChI is InChI=1S/C16H23F3N2O3/c1-15(2,3)13(22)9-21-14(23)20-8-11-4-6-12(7-5-11)24-10-16(17,18)19/h4-7,13,22H,8-10H2,1-3H3,(H2,20,21,23). The highest BCUT2D eigenvalue weighted by Gasteiger charge is 2.28. The van der Waals surface area contributed by atoms with E-state index in [0.717, 1.165) is 0 Å². The van der Waals surface area contributed by atoms with Crippen molar-refractivity contribution >= 4 is 6.03 Å². The highest BCUT2D eigenvalue weighted by atomic mass is 19.4. The van der Waals surface area contributed by atoms with Crippen LogP contribution in [-0.4, -0.2) is 36.6 Å². The van der Waals surface area contributed by atoms with Crippen LogP contribution in [0.25, 0.3) is 0 Å². The fraction of sp³-hybridized carbons (Fsp3) is 0.562. The number of urea groups is 1. The zero-order chi connectivity index (χ0) is 18.4. The molecule has 1 rings (SSSR count). The van der Waals surface area contributed by atoms with Gasteiger partial charge in [-0.05, 0) is 23.1 Å². The van der Waals surface area contributed by atoms with E-state index in [0.29, 0.717) is 5.56 Å². The van der Waals surface area contributed by atoms with Gasteiger partial charge in [-0.3, -0.25) is 0 Å². The lowest BCUT2D eigenvalue weighted by Crippen LogP contribution is -2.43. The number of aliphatic hydroxyl groups is 1. The van der Waals surface area contributed by atoms with Crippen molar-refractivity contribution in [2.75, 3.05) is 13.2 Å².